The summed E-state index contributed by atoms with van der Waals surface area (Å²) < 4.78 is 0. The van der Waals surface area contributed by atoms with E-state index in [0.717, 1.165) is 11.6 Å². The lowest BCUT2D eigenvalue weighted by Gasteiger charge is -2.07. The highest BCUT2D eigenvalue weighted by atomic mass is 16.6. The molecule has 0 aliphatic carbocycles. The van der Waals surface area contributed by atoms with Crippen molar-refractivity contribution in [3.05, 3.63) is 68.3 Å². The van der Waals surface area contributed by atoms with Gasteiger partial charge in [-0.2, -0.15) is 0 Å². The third-order valence-corrected chi connectivity index (χ3v) is 3.05. The fraction of sp³-hybridized carbons (Fsp3) is 0.143. The first-order valence-corrected chi connectivity index (χ1v) is 6.42. The number of aromatic hydroxyl groups is 1. The molecule has 0 saturated heterocycles. The van der Waals surface area contributed by atoms with E-state index < -0.39 is 9.85 Å². The number of hydrogen-bond donors (Lipinski definition) is 2. The number of nitrogens with one attached hydrogen (secondary N) is 1. The van der Waals surface area contributed by atoms with Crippen LogP contribution in [0.1, 0.15) is 5.56 Å². The SMILES string of the molecule is O=[N+]([O-])c1ccc(NCCc2ccc(O)cc2)c([N+](=O)[O-])c1. The quantitative estimate of drug-likeness (QED) is 0.625. The van der Waals surface area contributed by atoms with Crippen LogP contribution < -0.4 is 5.32 Å². The van der Waals surface area contributed by atoms with Crippen LogP contribution in [-0.4, -0.2) is 21.5 Å². The minimum atomic E-state index is -0.673. The number of nitro groups is 2. The number of rotatable bonds is 6. The molecule has 8 nitrogen and oxygen atoms in total. The maximum Gasteiger partial charge on any atom is 0.299 e. The van der Waals surface area contributed by atoms with Gasteiger partial charge < -0.3 is 10.4 Å². The van der Waals surface area contributed by atoms with Crippen LogP contribution >= 0.6 is 0 Å². The third kappa shape index (κ3) is 3.69. The van der Waals surface area contributed by atoms with Gasteiger partial charge in [-0.25, -0.2) is 0 Å². The summed E-state index contributed by atoms with van der Waals surface area (Å²) >= 11 is 0. The molecule has 0 saturated carbocycles. The molecular formula is C14H13N3O5. The van der Waals surface area contributed by atoms with Gasteiger partial charge in [0.05, 0.1) is 15.9 Å². The maximum absolute atomic E-state index is 11.0. The molecule has 22 heavy (non-hydrogen) atoms. The smallest absolute Gasteiger partial charge is 0.299 e. The Balaban J connectivity index is 2.07. The van der Waals surface area contributed by atoms with E-state index in [4.69, 9.17) is 0 Å². The standard InChI is InChI=1S/C14H13N3O5/c18-12-4-1-10(2-5-12)7-8-15-13-6-3-11(16(19)20)9-14(13)17(21)22/h1-6,9,15,18H,7-8H2. The van der Waals surface area contributed by atoms with E-state index in [1.807, 2.05) is 0 Å². The Bertz CT molecular complexity index is 700. The van der Waals surface area contributed by atoms with E-state index >= 15 is 0 Å². The van der Waals surface area contributed by atoms with Crippen molar-refractivity contribution in [2.75, 3.05) is 11.9 Å². The molecule has 0 radical (unpaired) electrons. The lowest BCUT2D eigenvalue weighted by Crippen LogP contribution is -2.07. The average Bonchev–Trinajstić information content (AvgIpc) is 2.49. The molecule has 0 bridgehead atoms. The summed E-state index contributed by atoms with van der Waals surface area (Å²) in [5.74, 6) is 0.169. The minimum absolute atomic E-state index is 0.169. The average molecular weight is 303 g/mol. The lowest BCUT2D eigenvalue weighted by molar-refractivity contribution is -0.393. The van der Waals surface area contributed by atoms with Gasteiger partial charge in [-0.05, 0) is 30.2 Å². The summed E-state index contributed by atoms with van der Waals surface area (Å²) in [7, 11) is 0. The molecule has 0 heterocycles. The Labute approximate surface area is 125 Å². The molecule has 2 aromatic rings. The first-order chi connectivity index (χ1) is 10.5. The van der Waals surface area contributed by atoms with Crippen molar-refractivity contribution >= 4 is 17.1 Å². The van der Waals surface area contributed by atoms with E-state index in [9.17, 15) is 25.3 Å². The zero-order chi connectivity index (χ0) is 16.1. The highest BCUT2D eigenvalue weighted by Crippen LogP contribution is 2.28. The molecule has 0 aliphatic heterocycles. The molecule has 8 heteroatoms. The van der Waals surface area contributed by atoms with Crippen molar-refractivity contribution < 1.29 is 15.0 Å². The molecule has 114 valence electrons. The van der Waals surface area contributed by atoms with Gasteiger partial charge in [-0.3, -0.25) is 20.2 Å². The van der Waals surface area contributed by atoms with Crippen LogP contribution in [-0.2, 0) is 6.42 Å². The summed E-state index contributed by atoms with van der Waals surface area (Å²) in [6, 6.07) is 10.1. The van der Waals surface area contributed by atoms with Gasteiger partial charge in [-0.1, -0.05) is 12.1 Å². The fourth-order valence-electron chi connectivity index (χ4n) is 1.94. The van der Waals surface area contributed by atoms with E-state index in [-0.39, 0.29) is 22.8 Å². The van der Waals surface area contributed by atoms with Crippen LogP contribution in [0.4, 0.5) is 17.1 Å². The van der Waals surface area contributed by atoms with Crippen LogP contribution in [0.5, 0.6) is 5.75 Å². The molecule has 0 fully saturated rings. The largest absolute Gasteiger partial charge is 0.508 e. The monoisotopic (exact) mass is 303 g/mol. The van der Waals surface area contributed by atoms with Crippen molar-refractivity contribution in [3.8, 4) is 5.75 Å². The molecule has 0 aromatic heterocycles. The van der Waals surface area contributed by atoms with Crippen molar-refractivity contribution in [1.82, 2.24) is 0 Å². The van der Waals surface area contributed by atoms with Gasteiger partial charge in [0.15, 0.2) is 0 Å². The Kier molecular flexibility index (Phi) is 4.52. The third-order valence-electron chi connectivity index (χ3n) is 3.05. The van der Waals surface area contributed by atoms with Crippen molar-refractivity contribution in [2.45, 2.75) is 6.42 Å². The van der Waals surface area contributed by atoms with Crippen LogP contribution in [0, 0.1) is 20.2 Å². The highest BCUT2D eigenvalue weighted by molar-refractivity contribution is 5.65. The number of phenolic OH excluding ortho intramolecular Hbond substituents is 1. The second-order valence-corrected chi connectivity index (χ2v) is 4.56. The number of benzene rings is 2. The normalized spacial score (nSPS) is 10.2. The summed E-state index contributed by atoms with van der Waals surface area (Å²) in [4.78, 5) is 20.3. The predicted octanol–water partition coefficient (Wildman–Crippen LogP) is 2.86. The second-order valence-electron chi connectivity index (χ2n) is 4.56. The highest BCUT2D eigenvalue weighted by Gasteiger charge is 2.18. The predicted molar refractivity (Wildman–Crippen MR) is 80.1 cm³/mol. The maximum atomic E-state index is 11.0. The van der Waals surface area contributed by atoms with Gasteiger partial charge >= 0.3 is 0 Å². The molecule has 0 atom stereocenters. The fourth-order valence-corrected chi connectivity index (χ4v) is 1.94. The van der Waals surface area contributed by atoms with Gasteiger partial charge in [-0.15, -0.1) is 0 Å². The summed E-state index contributed by atoms with van der Waals surface area (Å²) in [5.41, 5.74) is 0.528. The van der Waals surface area contributed by atoms with Gasteiger partial charge in [0, 0.05) is 12.6 Å². The Morgan fingerprint density at radius 2 is 1.68 bits per heavy atom. The first-order valence-electron chi connectivity index (χ1n) is 6.42. The summed E-state index contributed by atoms with van der Waals surface area (Å²) in [6.07, 6.45) is 0.592. The minimum Gasteiger partial charge on any atom is -0.508 e. The van der Waals surface area contributed by atoms with Crippen molar-refractivity contribution in [1.29, 1.82) is 0 Å². The van der Waals surface area contributed by atoms with E-state index in [1.165, 1.54) is 12.1 Å². The number of nitrogens with zero attached hydrogens (tertiary/aromatic N) is 2. The van der Waals surface area contributed by atoms with Gasteiger partial charge in [0.2, 0.25) is 0 Å². The van der Waals surface area contributed by atoms with E-state index in [0.29, 0.717) is 13.0 Å². The van der Waals surface area contributed by atoms with Gasteiger partial charge in [0.25, 0.3) is 11.4 Å². The number of anilines is 1. The zero-order valence-corrected chi connectivity index (χ0v) is 11.4. The summed E-state index contributed by atoms with van der Waals surface area (Å²) in [5, 5.41) is 33.7. The second kappa shape index (κ2) is 6.53. The van der Waals surface area contributed by atoms with Crippen LogP contribution in [0.15, 0.2) is 42.5 Å². The summed E-state index contributed by atoms with van der Waals surface area (Å²) in [6.45, 7) is 0.420. The lowest BCUT2D eigenvalue weighted by atomic mass is 10.1. The number of phenols is 1. The molecule has 2 N–H and O–H groups in total. The van der Waals surface area contributed by atoms with Gasteiger partial charge in [0.1, 0.15) is 11.4 Å². The zero-order valence-electron chi connectivity index (χ0n) is 11.4. The Morgan fingerprint density at radius 1 is 1.00 bits per heavy atom. The van der Waals surface area contributed by atoms with Crippen LogP contribution in [0.2, 0.25) is 0 Å². The number of nitro benzene ring substituents is 2. The topological polar surface area (TPSA) is 119 Å². The Hall–Kier alpha value is -3.16. The van der Waals surface area contributed by atoms with E-state index in [1.54, 1.807) is 24.3 Å². The molecule has 0 amide bonds. The van der Waals surface area contributed by atoms with Crippen molar-refractivity contribution in [2.24, 2.45) is 0 Å². The van der Waals surface area contributed by atoms with Crippen LogP contribution in [0.3, 0.4) is 0 Å². The molecule has 2 aromatic carbocycles. The molecule has 2 rings (SSSR count). The first kappa shape index (κ1) is 15.2. The molecular weight excluding hydrogens is 290 g/mol. The molecule has 0 aliphatic rings. The van der Waals surface area contributed by atoms with E-state index in [2.05, 4.69) is 5.32 Å². The molecule has 0 unspecified atom stereocenters. The van der Waals surface area contributed by atoms with Crippen LogP contribution in [0.25, 0.3) is 0 Å². The van der Waals surface area contributed by atoms with Crippen molar-refractivity contribution in [3.63, 3.8) is 0 Å². The Morgan fingerprint density at radius 3 is 2.27 bits per heavy atom. The molecule has 0 spiro atoms. The number of hydrogen-bond acceptors (Lipinski definition) is 6. The number of non-ortho nitro benzene ring substituents is 1.